The summed E-state index contributed by atoms with van der Waals surface area (Å²) in [6, 6.07) is 7.08. The van der Waals surface area contributed by atoms with Gasteiger partial charge in [0.15, 0.2) is 5.76 Å². The number of likely N-dealkylation sites (tertiary alicyclic amines) is 1. The van der Waals surface area contributed by atoms with Gasteiger partial charge in [-0.1, -0.05) is 0 Å². The Morgan fingerprint density at radius 2 is 1.87 bits per heavy atom. The van der Waals surface area contributed by atoms with Gasteiger partial charge in [-0.2, -0.15) is 13.2 Å². The molecule has 30 heavy (non-hydrogen) atoms. The lowest BCUT2D eigenvalue weighted by atomic mass is 9.85. The zero-order valence-corrected chi connectivity index (χ0v) is 15.6. The van der Waals surface area contributed by atoms with Gasteiger partial charge in [0, 0.05) is 25.8 Å². The van der Waals surface area contributed by atoms with Crippen LogP contribution in [0.25, 0.3) is 0 Å². The maximum Gasteiger partial charge on any atom is 0.490 e. The second-order valence-electron chi connectivity index (χ2n) is 6.96. The maximum absolute atomic E-state index is 12.9. The number of aromatic nitrogens is 1. The standard InChI is InChI=1S/C17H17N3O3.C2HF3O2/c21-15(14-4-2-10-23-14)19-8-5-17(12-19)6-9-20(16(17)22)13-3-1-7-18-11-13;3-2(4,5)1(6)7/h1-4,7,10-11H,5-6,8-9,12H2;(H,6,7). The topological polar surface area (TPSA) is 104 Å². The van der Waals surface area contributed by atoms with Gasteiger partial charge in [-0.15, -0.1) is 0 Å². The first-order valence-electron chi connectivity index (χ1n) is 8.99. The van der Waals surface area contributed by atoms with Crippen molar-refractivity contribution in [3.05, 3.63) is 48.7 Å². The first-order chi connectivity index (χ1) is 14.1. The molecule has 1 unspecified atom stereocenters. The molecule has 2 saturated heterocycles. The number of anilines is 1. The van der Waals surface area contributed by atoms with E-state index >= 15 is 0 Å². The molecule has 2 aliphatic heterocycles. The fourth-order valence-corrected chi connectivity index (χ4v) is 3.56. The van der Waals surface area contributed by atoms with Crippen LogP contribution in [-0.4, -0.2) is 58.6 Å². The molecule has 2 aromatic heterocycles. The first kappa shape index (κ1) is 21.3. The van der Waals surface area contributed by atoms with Crippen molar-refractivity contribution in [1.29, 1.82) is 0 Å². The van der Waals surface area contributed by atoms with Crippen LogP contribution in [0.1, 0.15) is 23.4 Å². The molecule has 4 heterocycles. The van der Waals surface area contributed by atoms with E-state index in [1.807, 2.05) is 12.1 Å². The van der Waals surface area contributed by atoms with Crippen molar-refractivity contribution in [3.63, 3.8) is 0 Å². The SMILES string of the molecule is O=C(O)C(F)(F)F.O=C(c1ccco1)N1CCC2(CCN(c3cccnc3)C2=O)C1. The smallest absolute Gasteiger partial charge is 0.475 e. The summed E-state index contributed by atoms with van der Waals surface area (Å²) < 4.78 is 36.9. The lowest BCUT2D eigenvalue weighted by Gasteiger charge is -2.23. The Balaban J connectivity index is 0.000000318. The number of alkyl halides is 3. The average Bonchev–Trinajstić information content (AvgIpc) is 3.45. The van der Waals surface area contributed by atoms with Crippen LogP contribution in [0.15, 0.2) is 47.3 Å². The number of pyridine rings is 1. The summed E-state index contributed by atoms with van der Waals surface area (Å²) in [4.78, 5) is 41.8. The summed E-state index contributed by atoms with van der Waals surface area (Å²) in [6.45, 7) is 1.72. The Morgan fingerprint density at radius 3 is 2.43 bits per heavy atom. The number of aliphatic carboxylic acids is 1. The molecular weight excluding hydrogens is 407 g/mol. The largest absolute Gasteiger partial charge is 0.490 e. The summed E-state index contributed by atoms with van der Waals surface area (Å²) in [5.41, 5.74) is 0.364. The van der Waals surface area contributed by atoms with Gasteiger partial charge in [-0.25, -0.2) is 4.79 Å². The zero-order valence-electron chi connectivity index (χ0n) is 15.6. The molecule has 1 N–H and O–H groups in total. The van der Waals surface area contributed by atoms with E-state index in [1.165, 1.54) is 6.26 Å². The summed E-state index contributed by atoms with van der Waals surface area (Å²) >= 11 is 0. The fraction of sp³-hybridized carbons (Fsp3) is 0.368. The molecule has 4 rings (SSSR count). The zero-order chi connectivity index (χ0) is 21.9. The molecule has 0 aromatic carbocycles. The number of furan rings is 1. The Kier molecular flexibility index (Phi) is 5.81. The molecule has 2 aromatic rings. The summed E-state index contributed by atoms with van der Waals surface area (Å²) in [5, 5.41) is 7.12. The third-order valence-electron chi connectivity index (χ3n) is 5.09. The highest BCUT2D eigenvalue weighted by Crippen LogP contribution is 2.42. The molecule has 0 radical (unpaired) electrons. The lowest BCUT2D eigenvalue weighted by molar-refractivity contribution is -0.192. The van der Waals surface area contributed by atoms with E-state index in [0.717, 1.165) is 12.1 Å². The van der Waals surface area contributed by atoms with Crippen LogP contribution in [-0.2, 0) is 9.59 Å². The summed E-state index contributed by atoms with van der Waals surface area (Å²) in [7, 11) is 0. The molecule has 160 valence electrons. The molecular formula is C19H18F3N3O5. The molecule has 8 nitrogen and oxygen atoms in total. The van der Waals surface area contributed by atoms with Gasteiger partial charge < -0.3 is 19.3 Å². The predicted octanol–water partition coefficient (Wildman–Crippen LogP) is 2.58. The highest BCUT2D eigenvalue weighted by Gasteiger charge is 2.52. The minimum Gasteiger partial charge on any atom is -0.475 e. The average molecular weight is 425 g/mol. The maximum atomic E-state index is 12.9. The van der Waals surface area contributed by atoms with E-state index in [1.54, 1.807) is 34.3 Å². The van der Waals surface area contributed by atoms with E-state index in [4.69, 9.17) is 14.3 Å². The van der Waals surface area contributed by atoms with E-state index in [0.29, 0.717) is 31.8 Å². The number of halogens is 3. The monoisotopic (exact) mass is 425 g/mol. The minimum atomic E-state index is -5.08. The molecule has 1 atom stereocenters. The molecule has 0 bridgehead atoms. The molecule has 2 amide bonds. The number of hydrogen-bond donors (Lipinski definition) is 1. The number of hydrogen-bond acceptors (Lipinski definition) is 5. The number of rotatable bonds is 2. The molecule has 0 saturated carbocycles. The lowest BCUT2D eigenvalue weighted by Crippen LogP contribution is -2.38. The second-order valence-corrected chi connectivity index (χ2v) is 6.96. The van der Waals surface area contributed by atoms with Gasteiger partial charge in [0.2, 0.25) is 5.91 Å². The number of carboxylic acid groups (broad SMARTS) is 1. The van der Waals surface area contributed by atoms with Crippen LogP contribution >= 0.6 is 0 Å². The van der Waals surface area contributed by atoms with E-state index in [2.05, 4.69) is 4.98 Å². The van der Waals surface area contributed by atoms with E-state index in [9.17, 15) is 22.8 Å². The molecule has 2 fully saturated rings. The van der Waals surface area contributed by atoms with E-state index < -0.39 is 17.6 Å². The van der Waals surface area contributed by atoms with Gasteiger partial charge in [-0.3, -0.25) is 14.6 Å². The third-order valence-corrected chi connectivity index (χ3v) is 5.09. The van der Waals surface area contributed by atoms with Crippen LogP contribution in [0.2, 0.25) is 0 Å². The summed E-state index contributed by atoms with van der Waals surface area (Å²) in [5.74, 6) is -2.47. The van der Waals surface area contributed by atoms with Crippen molar-refractivity contribution >= 4 is 23.5 Å². The van der Waals surface area contributed by atoms with Crippen molar-refractivity contribution in [2.75, 3.05) is 24.5 Å². The Hall–Kier alpha value is -3.37. The van der Waals surface area contributed by atoms with E-state index in [-0.39, 0.29) is 11.8 Å². The normalized spacial score (nSPS) is 21.0. The van der Waals surface area contributed by atoms with Crippen LogP contribution in [0.4, 0.5) is 18.9 Å². The van der Waals surface area contributed by atoms with Crippen molar-refractivity contribution < 1.29 is 37.1 Å². The molecule has 2 aliphatic rings. The van der Waals surface area contributed by atoms with Gasteiger partial charge in [-0.05, 0) is 37.1 Å². The molecule has 0 aliphatic carbocycles. The highest BCUT2D eigenvalue weighted by molar-refractivity contribution is 6.01. The van der Waals surface area contributed by atoms with Gasteiger partial charge in [0.05, 0.1) is 23.6 Å². The first-order valence-corrected chi connectivity index (χ1v) is 8.99. The van der Waals surface area contributed by atoms with Crippen molar-refractivity contribution in [3.8, 4) is 0 Å². The molecule has 11 heteroatoms. The fourth-order valence-electron chi connectivity index (χ4n) is 3.56. The number of amides is 2. The quantitative estimate of drug-likeness (QED) is 0.793. The van der Waals surface area contributed by atoms with Crippen molar-refractivity contribution in [1.82, 2.24) is 9.88 Å². The number of carboxylic acids is 1. The Labute approximate surface area is 168 Å². The number of carbonyl (C=O) groups is 3. The Morgan fingerprint density at radius 1 is 1.17 bits per heavy atom. The van der Waals surface area contributed by atoms with Crippen LogP contribution < -0.4 is 4.90 Å². The van der Waals surface area contributed by atoms with Gasteiger partial charge >= 0.3 is 12.1 Å². The van der Waals surface area contributed by atoms with Crippen molar-refractivity contribution in [2.45, 2.75) is 19.0 Å². The second kappa shape index (κ2) is 8.17. The predicted molar refractivity (Wildman–Crippen MR) is 96.6 cm³/mol. The minimum absolute atomic E-state index is 0.0974. The van der Waals surface area contributed by atoms with Gasteiger partial charge in [0.1, 0.15) is 0 Å². The summed E-state index contributed by atoms with van der Waals surface area (Å²) in [6.07, 6.45) is 1.28. The highest BCUT2D eigenvalue weighted by atomic mass is 19.4. The molecule has 1 spiro atoms. The number of carbonyl (C=O) groups excluding carboxylic acids is 2. The number of nitrogens with zero attached hydrogens (tertiary/aromatic N) is 3. The Bertz CT molecular complexity index is 917. The van der Waals surface area contributed by atoms with Crippen LogP contribution in [0.5, 0.6) is 0 Å². The third kappa shape index (κ3) is 4.29. The van der Waals surface area contributed by atoms with Crippen molar-refractivity contribution in [2.24, 2.45) is 5.41 Å². The van der Waals surface area contributed by atoms with Gasteiger partial charge in [0.25, 0.3) is 5.91 Å². The van der Waals surface area contributed by atoms with Crippen LogP contribution in [0, 0.1) is 5.41 Å². The van der Waals surface area contributed by atoms with Crippen LogP contribution in [0.3, 0.4) is 0 Å².